The van der Waals surface area contributed by atoms with Gasteiger partial charge in [0.05, 0.1) is 12.2 Å². The molecule has 0 aliphatic carbocycles. The second kappa shape index (κ2) is 5.36. The molecule has 1 aromatic rings. The molecule has 1 fully saturated rings. The maximum absolute atomic E-state index is 13.8. The number of benzene rings is 1. The van der Waals surface area contributed by atoms with Crippen molar-refractivity contribution in [2.24, 2.45) is 0 Å². The van der Waals surface area contributed by atoms with E-state index in [1.165, 1.54) is 6.07 Å². The fraction of sp³-hybridized carbons (Fsp3) is 0.571. The standard InChI is InChI=1S/C14H18ClFO/c1-3-9(8-13-12(4-2)17-13)14-10(15)6-5-7-11(14)16/h5-7,9,12-13H,3-4,8H2,1-2H3. The van der Waals surface area contributed by atoms with Gasteiger partial charge >= 0.3 is 0 Å². The summed E-state index contributed by atoms with van der Waals surface area (Å²) < 4.78 is 19.3. The summed E-state index contributed by atoms with van der Waals surface area (Å²) in [5.74, 6) is -0.0386. The number of ether oxygens (including phenoxy) is 1. The van der Waals surface area contributed by atoms with E-state index in [4.69, 9.17) is 16.3 Å². The zero-order chi connectivity index (χ0) is 12.4. The van der Waals surface area contributed by atoms with E-state index < -0.39 is 0 Å². The second-order valence-electron chi connectivity index (χ2n) is 4.60. The topological polar surface area (TPSA) is 12.5 Å². The Hall–Kier alpha value is -0.600. The molecule has 94 valence electrons. The molecule has 0 saturated carbocycles. The van der Waals surface area contributed by atoms with Crippen LogP contribution in [-0.4, -0.2) is 12.2 Å². The third-order valence-electron chi connectivity index (χ3n) is 3.51. The lowest BCUT2D eigenvalue weighted by Gasteiger charge is -2.16. The largest absolute Gasteiger partial charge is 0.370 e. The highest BCUT2D eigenvalue weighted by Crippen LogP contribution is 2.39. The van der Waals surface area contributed by atoms with Gasteiger partial charge < -0.3 is 4.74 Å². The fourth-order valence-electron chi connectivity index (χ4n) is 2.42. The van der Waals surface area contributed by atoms with Crippen molar-refractivity contribution in [3.8, 4) is 0 Å². The number of epoxide rings is 1. The van der Waals surface area contributed by atoms with Gasteiger partial charge in [0, 0.05) is 10.6 Å². The first kappa shape index (κ1) is 12.8. The lowest BCUT2D eigenvalue weighted by atomic mass is 9.90. The Morgan fingerprint density at radius 1 is 1.35 bits per heavy atom. The van der Waals surface area contributed by atoms with Crippen LogP contribution in [0.3, 0.4) is 0 Å². The van der Waals surface area contributed by atoms with Crippen LogP contribution < -0.4 is 0 Å². The molecule has 1 aliphatic rings. The van der Waals surface area contributed by atoms with Crippen LogP contribution in [0, 0.1) is 5.82 Å². The number of halogens is 2. The Labute approximate surface area is 107 Å². The van der Waals surface area contributed by atoms with Crippen molar-refractivity contribution in [2.45, 2.75) is 51.2 Å². The van der Waals surface area contributed by atoms with E-state index in [0.29, 0.717) is 22.8 Å². The minimum absolute atomic E-state index is 0.158. The number of hydrogen-bond donors (Lipinski definition) is 0. The smallest absolute Gasteiger partial charge is 0.128 e. The van der Waals surface area contributed by atoms with Crippen LogP contribution in [0.15, 0.2) is 18.2 Å². The van der Waals surface area contributed by atoms with Crippen LogP contribution in [0.5, 0.6) is 0 Å². The summed E-state index contributed by atoms with van der Waals surface area (Å²) in [7, 11) is 0. The molecule has 17 heavy (non-hydrogen) atoms. The predicted molar refractivity (Wildman–Crippen MR) is 68.0 cm³/mol. The summed E-state index contributed by atoms with van der Waals surface area (Å²) in [6, 6.07) is 4.89. The molecule has 0 N–H and O–H groups in total. The summed E-state index contributed by atoms with van der Waals surface area (Å²) in [5, 5.41) is 0.533. The van der Waals surface area contributed by atoms with Gasteiger partial charge in [0.25, 0.3) is 0 Å². The monoisotopic (exact) mass is 256 g/mol. The fourth-order valence-corrected chi connectivity index (χ4v) is 2.73. The van der Waals surface area contributed by atoms with Crippen LogP contribution in [0.1, 0.15) is 44.6 Å². The first-order valence-corrected chi connectivity index (χ1v) is 6.64. The highest BCUT2D eigenvalue weighted by molar-refractivity contribution is 6.31. The van der Waals surface area contributed by atoms with Gasteiger partial charge in [0.1, 0.15) is 5.82 Å². The maximum Gasteiger partial charge on any atom is 0.128 e. The van der Waals surface area contributed by atoms with Gasteiger partial charge in [-0.1, -0.05) is 31.5 Å². The Kier molecular flexibility index (Phi) is 4.05. The summed E-state index contributed by atoms with van der Waals surface area (Å²) in [6.07, 6.45) is 3.45. The Morgan fingerprint density at radius 2 is 2.12 bits per heavy atom. The Balaban J connectivity index is 2.12. The van der Waals surface area contributed by atoms with Crippen LogP contribution in [0.4, 0.5) is 4.39 Å². The molecule has 3 heteroatoms. The molecule has 1 heterocycles. The third-order valence-corrected chi connectivity index (χ3v) is 3.84. The molecule has 0 aromatic heterocycles. The normalized spacial score (nSPS) is 24.7. The first-order valence-electron chi connectivity index (χ1n) is 6.26. The van der Waals surface area contributed by atoms with Gasteiger partial charge in [-0.15, -0.1) is 0 Å². The highest BCUT2D eigenvalue weighted by atomic mass is 35.5. The van der Waals surface area contributed by atoms with Gasteiger partial charge in [-0.3, -0.25) is 0 Å². The number of rotatable bonds is 5. The van der Waals surface area contributed by atoms with Gasteiger partial charge in [0.2, 0.25) is 0 Å². The molecular formula is C14H18ClFO. The summed E-state index contributed by atoms with van der Waals surface area (Å²) in [6.45, 7) is 4.18. The van der Waals surface area contributed by atoms with Gasteiger partial charge in [0.15, 0.2) is 0 Å². The molecule has 0 amide bonds. The third kappa shape index (κ3) is 2.80. The SMILES string of the molecule is CCC(CC1OC1CC)c1c(F)cccc1Cl. The van der Waals surface area contributed by atoms with Crippen molar-refractivity contribution >= 4 is 11.6 Å². The van der Waals surface area contributed by atoms with E-state index in [9.17, 15) is 4.39 Å². The van der Waals surface area contributed by atoms with Crippen molar-refractivity contribution in [1.82, 2.24) is 0 Å². The van der Waals surface area contributed by atoms with Crippen molar-refractivity contribution in [2.75, 3.05) is 0 Å². The van der Waals surface area contributed by atoms with E-state index in [-0.39, 0.29) is 11.7 Å². The van der Waals surface area contributed by atoms with Crippen molar-refractivity contribution < 1.29 is 9.13 Å². The molecule has 1 nitrogen and oxygen atoms in total. The summed E-state index contributed by atoms with van der Waals surface area (Å²) in [5.41, 5.74) is 0.655. The molecule has 2 rings (SSSR count). The summed E-state index contributed by atoms with van der Waals surface area (Å²) >= 11 is 6.10. The molecule has 1 saturated heterocycles. The number of hydrogen-bond acceptors (Lipinski definition) is 1. The molecular weight excluding hydrogens is 239 g/mol. The van der Waals surface area contributed by atoms with Gasteiger partial charge in [-0.2, -0.15) is 0 Å². The van der Waals surface area contributed by atoms with Crippen molar-refractivity contribution in [3.63, 3.8) is 0 Å². The van der Waals surface area contributed by atoms with Crippen LogP contribution in [-0.2, 0) is 4.74 Å². The average Bonchev–Trinajstić information content (AvgIpc) is 3.06. The molecule has 3 atom stereocenters. The average molecular weight is 257 g/mol. The molecule has 0 spiro atoms. The second-order valence-corrected chi connectivity index (χ2v) is 5.00. The molecule has 1 aromatic carbocycles. The quantitative estimate of drug-likeness (QED) is 0.705. The minimum Gasteiger partial charge on any atom is -0.370 e. The van der Waals surface area contributed by atoms with E-state index >= 15 is 0 Å². The minimum atomic E-state index is -0.196. The molecule has 0 radical (unpaired) electrons. The first-order chi connectivity index (χ1) is 8.17. The zero-order valence-corrected chi connectivity index (χ0v) is 11.0. The predicted octanol–water partition coefficient (Wildman–Crippen LogP) is 4.54. The van der Waals surface area contributed by atoms with Crippen LogP contribution in [0.2, 0.25) is 5.02 Å². The van der Waals surface area contributed by atoms with E-state index in [1.807, 2.05) is 0 Å². The lowest BCUT2D eigenvalue weighted by molar-refractivity contribution is 0.347. The van der Waals surface area contributed by atoms with Crippen LogP contribution >= 0.6 is 11.6 Å². The van der Waals surface area contributed by atoms with E-state index in [2.05, 4.69) is 13.8 Å². The maximum atomic E-state index is 13.8. The van der Waals surface area contributed by atoms with Gasteiger partial charge in [-0.25, -0.2) is 4.39 Å². The molecule has 0 bridgehead atoms. The molecule has 1 aliphatic heterocycles. The van der Waals surface area contributed by atoms with Crippen molar-refractivity contribution in [1.29, 1.82) is 0 Å². The van der Waals surface area contributed by atoms with Crippen LogP contribution in [0.25, 0.3) is 0 Å². The Bertz CT molecular complexity index is 374. The van der Waals surface area contributed by atoms with Gasteiger partial charge in [-0.05, 0) is 37.3 Å². The zero-order valence-electron chi connectivity index (χ0n) is 10.2. The lowest BCUT2D eigenvalue weighted by Crippen LogP contribution is -2.06. The van der Waals surface area contributed by atoms with E-state index in [0.717, 1.165) is 19.3 Å². The van der Waals surface area contributed by atoms with E-state index in [1.54, 1.807) is 12.1 Å². The van der Waals surface area contributed by atoms with Crippen molar-refractivity contribution in [3.05, 3.63) is 34.6 Å². The summed E-state index contributed by atoms with van der Waals surface area (Å²) in [4.78, 5) is 0. The molecule has 3 unspecified atom stereocenters. The highest BCUT2D eigenvalue weighted by Gasteiger charge is 2.39. The Morgan fingerprint density at radius 3 is 2.65 bits per heavy atom.